The summed E-state index contributed by atoms with van der Waals surface area (Å²) in [5, 5.41) is 6.73. The summed E-state index contributed by atoms with van der Waals surface area (Å²) in [6, 6.07) is 24.5. The number of hydrogen-bond donors (Lipinski definition) is 2. The molecular weight excluding hydrogens is 370 g/mol. The molecule has 4 rings (SSSR count). The van der Waals surface area contributed by atoms with E-state index in [0.717, 1.165) is 28.3 Å². The highest BCUT2D eigenvalue weighted by Gasteiger charge is 2.08. The predicted molar refractivity (Wildman–Crippen MR) is 123 cm³/mol. The van der Waals surface area contributed by atoms with Gasteiger partial charge in [0.2, 0.25) is 5.95 Å². The summed E-state index contributed by atoms with van der Waals surface area (Å²) < 4.78 is 0. The van der Waals surface area contributed by atoms with Crippen molar-refractivity contribution in [3.8, 4) is 11.3 Å². The average Bonchev–Trinajstić information content (AvgIpc) is 2.79. The normalized spacial score (nSPS) is 10.8. The molecule has 150 valence electrons. The van der Waals surface area contributed by atoms with Crippen molar-refractivity contribution < 1.29 is 0 Å². The fraction of sp³-hybridized carbons (Fsp3) is 0.160. The smallest absolute Gasteiger partial charge is 0.229 e. The molecule has 4 aromatic rings. The van der Waals surface area contributed by atoms with Gasteiger partial charge in [-0.3, -0.25) is 4.98 Å². The maximum atomic E-state index is 4.74. The van der Waals surface area contributed by atoms with Crippen molar-refractivity contribution in [3.63, 3.8) is 0 Å². The second-order valence-corrected chi connectivity index (χ2v) is 7.44. The average molecular weight is 396 g/mol. The van der Waals surface area contributed by atoms with Gasteiger partial charge in [-0.15, -0.1) is 0 Å². The summed E-state index contributed by atoms with van der Waals surface area (Å²) >= 11 is 0. The zero-order valence-corrected chi connectivity index (χ0v) is 17.2. The van der Waals surface area contributed by atoms with Gasteiger partial charge in [0.05, 0.1) is 5.69 Å². The van der Waals surface area contributed by atoms with E-state index >= 15 is 0 Å². The SMILES string of the molecule is CC(C)c1ccc(Nc2nc(NCc3cccnc3)cc(-c3ccccc3)n2)cc1. The third-order valence-electron chi connectivity index (χ3n) is 4.83. The maximum absolute atomic E-state index is 4.74. The third kappa shape index (κ3) is 5.00. The number of rotatable bonds is 7. The lowest BCUT2D eigenvalue weighted by Crippen LogP contribution is -2.06. The Hall–Kier alpha value is -3.73. The number of aromatic nitrogens is 3. The van der Waals surface area contributed by atoms with Crippen LogP contribution in [0.15, 0.2) is 85.2 Å². The highest BCUT2D eigenvalue weighted by Crippen LogP contribution is 2.24. The van der Waals surface area contributed by atoms with Crippen molar-refractivity contribution in [1.29, 1.82) is 0 Å². The van der Waals surface area contributed by atoms with Gasteiger partial charge >= 0.3 is 0 Å². The number of nitrogens with one attached hydrogen (secondary N) is 2. The molecule has 5 heteroatoms. The standard InChI is InChI=1S/C25H25N5/c1-18(2)20-10-12-22(13-11-20)28-25-29-23(21-8-4-3-5-9-21)15-24(30-25)27-17-19-7-6-14-26-16-19/h3-16,18H,17H2,1-2H3,(H2,27,28,29,30). The van der Waals surface area contributed by atoms with Crippen molar-refractivity contribution >= 4 is 17.5 Å². The molecule has 0 aliphatic carbocycles. The lowest BCUT2D eigenvalue weighted by atomic mass is 10.0. The highest BCUT2D eigenvalue weighted by molar-refractivity contribution is 5.66. The van der Waals surface area contributed by atoms with Gasteiger partial charge in [-0.2, -0.15) is 4.98 Å². The highest BCUT2D eigenvalue weighted by atomic mass is 15.1. The summed E-state index contributed by atoms with van der Waals surface area (Å²) in [6.45, 7) is 5.02. The van der Waals surface area contributed by atoms with Gasteiger partial charge in [0.25, 0.3) is 0 Å². The van der Waals surface area contributed by atoms with Crippen molar-refractivity contribution in [3.05, 3.63) is 96.3 Å². The Bertz CT molecular complexity index is 1080. The molecule has 0 radical (unpaired) electrons. The maximum Gasteiger partial charge on any atom is 0.229 e. The molecule has 0 amide bonds. The summed E-state index contributed by atoms with van der Waals surface area (Å²) in [4.78, 5) is 13.6. The van der Waals surface area contributed by atoms with E-state index in [-0.39, 0.29) is 0 Å². The molecule has 0 saturated carbocycles. The van der Waals surface area contributed by atoms with Crippen molar-refractivity contribution in [2.45, 2.75) is 26.3 Å². The van der Waals surface area contributed by atoms with Crippen LogP contribution in [0.4, 0.5) is 17.5 Å². The van der Waals surface area contributed by atoms with Crippen molar-refractivity contribution in [2.75, 3.05) is 10.6 Å². The van der Waals surface area contributed by atoms with E-state index in [1.165, 1.54) is 5.56 Å². The Morgan fingerprint density at radius 2 is 1.67 bits per heavy atom. The van der Waals surface area contributed by atoms with Gasteiger partial charge in [0.1, 0.15) is 5.82 Å². The first-order valence-corrected chi connectivity index (χ1v) is 10.1. The second-order valence-electron chi connectivity index (χ2n) is 7.44. The minimum atomic E-state index is 0.500. The van der Waals surface area contributed by atoms with Crippen LogP contribution in [-0.4, -0.2) is 15.0 Å². The van der Waals surface area contributed by atoms with Crippen LogP contribution in [0, 0.1) is 0 Å². The molecule has 0 bridgehead atoms. The minimum Gasteiger partial charge on any atom is -0.366 e. The van der Waals surface area contributed by atoms with Crippen LogP contribution in [0.3, 0.4) is 0 Å². The van der Waals surface area contributed by atoms with E-state index in [4.69, 9.17) is 4.98 Å². The van der Waals surface area contributed by atoms with Crippen LogP contribution < -0.4 is 10.6 Å². The van der Waals surface area contributed by atoms with Gasteiger partial charge in [0, 0.05) is 36.3 Å². The summed E-state index contributed by atoms with van der Waals surface area (Å²) in [7, 11) is 0. The van der Waals surface area contributed by atoms with Crippen LogP contribution in [0.25, 0.3) is 11.3 Å². The number of anilines is 3. The number of pyridine rings is 1. The molecule has 2 N–H and O–H groups in total. The van der Waals surface area contributed by atoms with Crippen LogP contribution >= 0.6 is 0 Å². The molecule has 0 aliphatic rings. The Morgan fingerprint density at radius 3 is 2.37 bits per heavy atom. The fourth-order valence-electron chi connectivity index (χ4n) is 3.13. The van der Waals surface area contributed by atoms with Crippen LogP contribution in [0.2, 0.25) is 0 Å². The van der Waals surface area contributed by atoms with E-state index in [9.17, 15) is 0 Å². The van der Waals surface area contributed by atoms with E-state index in [0.29, 0.717) is 18.4 Å². The summed E-state index contributed by atoms with van der Waals surface area (Å²) in [6.07, 6.45) is 3.62. The number of hydrogen-bond acceptors (Lipinski definition) is 5. The van der Waals surface area contributed by atoms with Gasteiger partial charge in [0.15, 0.2) is 0 Å². The van der Waals surface area contributed by atoms with Gasteiger partial charge in [-0.25, -0.2) is 4.98 Å². The third-order valence-corrected chi connectivity index (χ3v) is 4.83. The molecule has 2 aromatic carbocycles. The quantitative estimate of drug-likeness (QED) is 0.401. The van der Waals surface area contributed by atoms with Crippen molar-refractivity contribution in [1.82, 2.24) is 15.0 Å². The van der Waals surface area contributed by atoms with Crippen molar-refractivity contribution in [2.24, 2.45) is 0 Å². The first-order valence-electron chi connectivity index (χ1n) is 10.1. The molecule has 0 spiro atoms. The van der Waals surface area contributed by atoms with Gasteiger partial charge in [-0.05, 0) is 35.2 Å². The fourth-order valence-corrected chi connectivity index (χ4v) is 3.13. The Kier molecular flexibility index (Phi) is 5.99. The molecule has 0 fully saturated rings. The summed E-state index contributed by atoms with van der Waals surface area (Å²) in [5.74, 6) is 1.82. The van der Waals surface area contributed by atoms with Gasteiger partial charge < -0.3 is 10.6 Å². The summed E-state index contributed by atoms with van der Waals surface area (Å²) in [5.41, 5.74) is 5.26. The van der Waals surface area contributed by atoms with Crippen LogP contribution in [0.5, 0.6) is 0 Å². The second kappa shape index (κ2) is 9.18. The van der Waals surface area contributed by atoms with Gasteiger partial charge in [-0.1, -0.05) is 62.4 Å². The van der Waals surface area contributed by atoms with Crippen LogP contribution in [-0.2, 0) is 6.54 Å². The first kappa shape index (κ1) is 19.6. The minimum absolute atomic E-state index is 0.500. The molecule has 0 unspecified atom stereocenters. The molecule has 2 aromatic heterocycles. The van der Waals surface area contributed by atoms with Crippen LogP contribution in [0.1, 0.15) is 30.9 Å². The topological polar surface area (TPSA) is 62.7 Å². The lowest BCUT2D eigenvalue weighted by molar-refractivity contribution is 0.867. The zero-order valence-electron chi connectivity index (χ0n) is 17.2. The Morgan fingerprint density at radius 1 is 0.867 bits per heavy atom. The van der Waals surface area contributed by atoms with E-state index in [2.05, 4.69) is 70.8 Å². The molecule has 5 nitrogen and oxygen atoms in total. The molecule has 30 heavy (non-hydrogen) atoms. The van der Waals surface area contributed by atoms with E-state index in [1.807, 2.05) is 42.6 Å². The zero-order chi connectivity index (χ0) is 20.8. The van der Waals surface area contributed by atoms with E-state index < -0.39 is 0 Å². The molecule has 0 saturated heterocycles. The molecular formula is C25H25N5. The lowest BCUT2D eigenvalue weighted by Gasteiger charge is -2.12. The Labute approximate surface area is 177 Å². The van der Waals surface area contributed by atoms with E-state index in [1.54, 1.807) is 6.20 Å². The largest absolute Gasteiger partial charge is 0.366 e. The molecule has 2 heterocycles. The molecule has 0 aliphatic heterocycles. The number of benzene rings is 2. The molecule has 0 atom stereocenters. The first-order chi connectivity index (χ1) is 14.7. The Balaban J connectivity index is 1.61. The predicted octanol–water partition coefficient (Wildman–Crippen LogP) is 6.02. The number of nitrogens with zero attached hydrogens (tertiary/aromatic N) is 3. The monoisotopic (exact) mass is 395 g/mol.